The van der Waals surface area contributed by atoms with Gasteiger partial charge in [0.15, 0.2) is 0 Å². The summed E-state index contributed by atoms with van der Waals surface area (Å²) in [6.45, 7) is 5.69. The molecular weight excluding hydrogens is 300 g/mol. The zero-order valence-corrected chi connectivity index (χ0v) is 14.0. The minimum absolute atomic E-state index is 0.0392. The number of pyridine rings is 1. The first kappa shape index (κ1) is 16.3. The zero-order chi connectivity index (χ0) is 16.3. The van der Waals surface area contributed by atoms with Gasteiger partial charge in [-0.25, -0.2) is 13.4 Å². The lowest BCUT2D eigenvalue weighted by molar-refractivity contribution is 0.240. The molecule has 0 fully saturated rings. The molecule has 0 N–H and O–H groups in total. The summed E-state index contributed by atoms with van der Waals surface area (Å²) in [6.07, 6.45) is 1.60. The van der Waals surface area contributed by atoms with E-state index in [2.05, 4.69) is 4.98 Å². The number of sulfonamides is 1. The molecule has 2 rings (SSSR count). The molecule has 0 radical (unpaired) electrons. The summed E-state index contributed by atoms with van der Waals surface area (Å²) >= 11 is 0. The second-order valence-electron chi connectivity index (χ2n) is 5.25. The SMILES string of the molecule is Cc1cc(S(=O)(=O)N(C)c2ccccn2)ccc1OC(C)C. The number of nitrogens with zero attached hydrogens (tertiary/aromatic N) is 2. The number of anilines is 1. The first-order chi connectivity index (χ1) is 10.3. The molecule has 2 aromatic rings. The largest absolute Gasteiger partial charge is 0.491 e. The van der Waals surface area contributed by atoms with Crippen molar-refractivity contribution < 1.29 is 13.2 Å². The van der Waals surface area contributed by atoms with Gasteiger partial charge in [-0.1, -0.05) is 6.07 Å². The van der Waals surface area contributed by atoms with E-state index in [1.165, 1.54) is 11.4 Å². The Kier molecular flexibility index (Phi) is 4.71. The number of aryl methyl sites for hydroxylation is 1. The summed E-state index contributed by atoms with van der Waals surface area (Å²) in [5.41, 5.74) is 0.782. The molecule has 0 aliphatic carbocycles. The molecule has 0 spiro atoms. The number of hydrogen-bond donors (Lipinski definition) is 0. The van der Waals surface area contributed by atoms with Crippen LogP contribution in [0.3, 0.4) is 0 Å². The van der Waals surface area contributed by atoms with Gasteiger partial charge in [0.1, 0.15) is 11.6 Å². The van der Waals surface area contributed by atoms with Crippen LogP contribution < -0.4 is 9.04 Å². The smallest absolute Gasteiger partial charge is 0.265 e. The van der Waals surface area contributed by atoms with Gasteiger partial charge in [0.05, 0.1) is 11.0 Å². The molecule has 0 bridgehead atoms. The van der Waals surface area contributed by atoms with Crippen LogP contribution in [0.25, 0.3) is 0 Å². The van der Waals surface area contributed by atoms with Gasteiger partial charge in [-0.3, -0.25) is 4.31 Å². The van der Waals surface area contributed by atoms with Crippen molar-refractivity contribution in [1.82, 2.24) is 4.98 Å². The fourth-order valence-electron chi connectivity index (χ4n) is 1.99. The van der Waals surface area contributed by atoms with Gasteiger partial charge in [0, 0.05) is 13.2 Å². The van der Waals surface area contributed by atoms with Crippen molar-refractivity contribution >= 4 is 15.8 Å². The Hall–Kier alpha value is -2.08. The summed E-state index contributed by atoms with van der Waals surface area (Å²) in [4.78, 5) is 4.29. The average Bonchev–Trinajstić information content (AvgIpc) is 2.49. The molecule has 0 amide bonds. The van der Waals surface area contributed by atoms with E-state index in [0.717, 1.165) is 5.56 Å². The summed E-state index contributed by atoms with van der Waals surface area (Å²) in [7, 11) is -2.15. The maximum absolute atomic E-state index is 12.7. The van der Waals surface area contributed by atoms with Crippen molar-refractivity contribution in [3.63, 3.8) is 0 Å². The third-order valence-corrected chi connectivity index (χ3v) is 4.90. The number of hydrogen-bond acceptors (Lipinski definition) is 4. The second-order valence-corrected chi connectivity index (χ2v) is 7.22. The summed E-state index contributed by atoms with van der Waals surface area (Å²) < 4.78 is 32.1. The average molecular weight is 320 g/mol. The summed E-state index contributed by atoms with van der Waals surface area (Å²) in [6, 6.07) is 10.0. The van der Waals surface area contributed by atoms with Gasteiger partial charge in [-0.05, 0) is 56.7 Å². The summed E-state index contributed by atoms with van der Waals surface area (Å²) in [5, 5.41) is 0. The maximum Gasteiger partial charge on any atom is 0.265 e. The highest BCUT2D eigenvalue weighted by Crippen LogP contribution is 2.26. The van der Waals surface area contributed by atoms with Crippen molar-refractivity contribution in [3.05, 3.63) is 48.2 Å². The Morgan fingerprint density at radius 1 is 1.18 bits per heavy atom. The van der Waals surface area contributed by atoms with Gasteiger partial charge >= 0.3 is 0 Å². The van der Waals surface area contributed by atoms with Gasteiger partial charge in [-0.15, -0.1) is 0 Å². The van der Waals surface area contributed by atoms with Crippen LogP contribution in [-0.4, -0.2) is 26.6 Å². The molecule has 118 valence electrons. The van der Waals surface area contributed by atoms with Crippen LogP contribution in [0.15, 0.2) is 47.5 Å². The highest BCUT2D eigenvalue weighted by Gasteiger charge is 2.22. The van der Waals surface area contributed by atoms with Crippen LogP contribution in [-0.2, 0) is 10.0 Å². The van der Waals surface area contributed by atoms with Crippen LogP contribution in [0.2, 0.25) is 0 Å². The topological polar surface area (TPSA) is 59.5 Å². The Morgan fingerprint density at radius 2 is 1.91 bits per heavy atom. The molecule has 1 aromatic heterocycles. The minimum atomic E-state index is -3.64. The minimum Gasteiger partial charge on any atom is -0.491 e. The van der Waals surface area contributed by atoms with E-state index < -0.39 is 10.0 Å². The van der Waals surface area contributed by atoms with E-state index in [4.69, 9.17) is 4.74 Å². The van der Waals surface area contributed by atoms with E-state index in [9.17, 15) is 8.42 Å². The molecule has 0 atom stereocenters. The fourth-order valence-corrected chi connectivity index (χ4v) is 3.23. The van der Waals surface area contributed by atoms with Gasteiger partial charge < -0.3 is 4.74 Å². The van der Waals surface area contributed by atoms with Gasteiger partial charge in [-0.2, -0.15) is 0 Å². The molecule has 5 nitrogen and oxygen atoms in total. The van der Waals surface area contributed by atoms with E-state index in [-0.39, 0.29) is 11.0 Å². The Balaban J connectivity index is 2.36. The van der Waals surface area contributed by atoms with Crippen LogP contribution >= 0.6 is 0 Å². The number of rotatable bonds is 5. The first-order valence-corrected chi connectivity index (χ1v) is 8.43. The van der Waals surface area contributed by atoms with E-state index in [1.807, 2.05) is 20.8 Å². The lowest BCUT2D eigenvalue weighted by Gasteiger charge is -2.19. The van der Waals surface area contributed by atoms with Crippen molar-refractivity contribution in [1.29, 1.82) is 0 Å². The molecule has 0 saturated carbocycles. The highest BCUT2D eigenvalue weighted by atomic mass is 32.2. The van der Waals surface area contributed by atoms with E-state index in [0.29, 0.717) is 11.6 Å². The highest BCUT2D eigenvalue weighted by molar-refractivity contribution is 7.92. The molecule has 22 heavy (non-hydrogen) atoms. The second kappa shape index (κ2) is 6.36. The number of benzene rings is 1. The van der Waals surface area contributed by atoms with Crippen molar-refractivity contribution in [2.75, 3.05) is 11.4 Å². The molecular formula is C16H20N2O3S. The predicted molar refractivity (Wildman–Crippen MR) is 86.8 cm³/mol. The Morgan fingerprint density at radius 3 is 2.45 bits per heavy atom. The fraction of sp³-hybridized carbons (Fsp3) is 0.312. The maximum atomic E-state index is 12.7. The Labute approximate surface area is 131 Å². The van der Waals surface area contributed by atoms with Crippen molar-refractivity contribution in [2.24, 2.45) is 0 Å². The van der Waals surface area contributed by atoms with Crippen LogP contribution in [0.1, 0.15) is 19.4 Å². The lowest BCUT2D eigenvalue weighted by atomic mass is 10.2. The van der Waals surface area contributed by atoms with Gasteiger partial charge in [0.25, 0.3) is 10.0 Å². The van der Waals surface area contributed by atoms with Crippen molar-refractivity contribution in [3.8, 4) is 5.75 Å². The quantitative estimate of drug-likeness (QED) is 0.850. The molecule has 0 unspecified atom stereocenters. The third-order valence-electron chi connectivity index (χ3n) is 3.14. The van der Waals surface area contributed by atoms with Gasteiger partial charge in [0.2, 0.25) is 0 Å². The number of ether oxygens (including phenoxy) is 1. The number of aromatic nitrogens is 1. The standard InChI is InChI=1S/C16H20N2O3S/c1-12(2)21-15-9-8-14(11-13(15)3)22(19,20)18(4)16-7-5-6-10-17-16/h5-12H,1-4H3. The zero-order valence-electron chi connectivity index (χ0n) is 13.1. The van der Waals surface area contributed by atoms with Crippen LogP contribution in [0.5, 0.6) is 5.75 Å². The lowest BCUT2D eigenvalue weighted by Crippen LogP contribution is -2.27. The molecule has 1 aromatic carbocycles. The van der Waals surface area contributed by atoms with E-state index >= 15 is 0 Å². The monoisotopic (exact) mass is 320 g/mol. The molecule has 0 aliphatic heterocycles. The van der Waals surface area contributed by atoms with Crippen LogP contribution in [0.4, 0.5) is 5.82 Å². The molecule has 6 heteroatoms. The normalized spacial score (nSPS) is 11.5. The van der Waals surface area contributed by atoms with Crippen LogP contribution in [0, 0.1) is 6.92 Å². The third kappa shape index (κ3) is 3.39. The Bertz CT molecular complexity index is 743. The van der Waals surface area contributed by atoms with E-state index in [1.54, 1.807) is 42.6 Å². The first-order valence-electron chi connectivity index (χ1n) is 6.99. The molecule has 1 heterocycles. The predicted octanol–water partition coefficient (Wildman–Crippen LogP) is 3.00. The molecule has 0 saturated heterocycles. The summed E-state index contributed by atoms with van der Waals surface area (Å²) in [5.74, 6) is 1.07. The molecule has 0 aliphatic rings. The van der Waals surface area contributed by atoms with Crippen molar-refractivity contribution in [2.45, 2.75) is 31.8 Å².